The van der Waals surface area contributed by atoms with Crippen molar-refractivity contribution in [1.82, 2.24) is 0 Å². The van der Waals surface area contributed by atoms with E-state index in [0.29, 0.717) is 36.5 Å². The minimum absolute atomic E-state index is 0.0561. The summed E-state index contributed by atoms with van der Waals surface area (Å²) in [6.45, 7) is 5.68. The molecule has 0 radical (unpaired) electrons. The van der Waals surface area contributed by atoms with Crippen molar-refractivity contribution in [1.29, 1.82) is 0 Å². The number of nitrogens with one attached hydrogen (secondary N) is 1. The maximum Gasteiger partial charge on any atom is 0.422 e. The molecule has 0 saturated carbocycles. The predicted molar refractivity (Wildman–Crippen MR) is 194 cm³/mol. The highest BCUT2D eigenvalue weighted by molar-refractivity contribution is 6.07. The van der Waals surface area contributed by atoms with Crippen molar-refractivity contribution in [2.75, 3.05) is 49.7 Å². The van der Waals surface area contributed by atoms with Gasteiger partial charge in [0.2, 0.25) is 5.69 Å². The number of benzene rings is 3. The van der Waals surface area contributed by atoms with E-state index in [1.54, 1.807) is 0 Å². The van der Waals surface area contributed by atoms with E-state index in [1.807, 2.05) is 36.4 Å². The Morgan fingerprint density at radius 3 is 2.48 bits per heavy atom. The number of carbonyl (C=O) groups is 1. The zero-order valence-electron chi connectivity index (χ0n) is 29.3. The number of nitrogens with zero attached hydrogens (tertiary/aromatic N) is 2. The Balaban J connectivity index is 1.37. The molecule has 0 aliphatic carbocycles. The zero-order chi connectivity index (χ0) is 37.1. The summed E-state index contributed by atoms with van der Waals surface area (Å²) >= 11 is 0. The van der Waals surface area contributed by atoms with Gasteiger partial charge in [0.05, 0.1) is 6.61 Å². The van der Waals surface area contributed by atoms with Crippen LogP contribution < -0.4 is 24.4 Å². The number of alkyl halides is 3. The quantitative estimate of drug-likeness (QED) is 0.0690. The number of anilines is 2. The second-order valence-corrected chi connectivity index (χ2v) is 12.5. The molecule has 1 aliphatic heterocycles. The molecule has 5 rings (SSSR count). The van der Waals surface area contributed by atoms with Gasteiger partial charge < -0.3 is 34.7 Å². The number of halogens is 3. The van der Waals surface area contributed by atoms with Gasteiger partial charge in [0.15, 0.2) is 18.9 Å². The van der Waals surface area contributed by atoms with Gasteiger partial charge in [0, 0.05) is 60.4 Å². The van der Waals surface area contributed by atoms with Gasteiger partial charge in [0.25, 0.3) is 5.91 Å². The van der Waals surface area contributed by atoms with Crippen molar-refractivity contribution >= 4 is 23.4 Å². The molecule has 3 aromatic carbocycles. The van der Waals surface area contributed by atoms with Gasteiger partial charge in [-0.1, -0.05) is 44.5 Å². The third-order valence-electron chi connectivity index (χ3n) is 8.55. The van der Waals surface area contributed by atoms with Crippen LogP contribution in [-0.4, -0.2) is 56.7 Å². The molecule has 1 amide bonds. The molecule has 0 saturated heterocycles. The van der Waals surface area contributed by atoms with Gasteiger partial charge in [-0.15, -0.1) is 0 Å². The Morgan fingerprint density at radius 1 is 0.962 bits per heavy atom. The Labute approximate surface area is 301 Å². The number of pyridine rings is 1. The van der Waals surface area contributed by atoms with Crippen LogP contribution >= 0.6 is 0 Å². The normalized spacial score (nSPS) is 13.5. The van der Waals surface area contributed by atoms with E-state index in [-0.39, 0.29) is 22.7 Å². The number of carbonyl (C=O) groups excluding carboxylic acids is 1. The van der Waals surface area contributed by atoms with Gasteiger partial charge >= 0.3 is 6.18 Å². The van der Waals surface area contributed by atoms with Crippen molar-refractivity contribution < 1.29 is 42.0 Å². The van der Waals surface area contributed by atoms with Crippen molar-refractivity contribution in [3.05, 3.63) is 113 Å². The fourth-order valence-electron chi connectivity index (χ4n) is 5.91. The van der Waals surface area contributed by atoms with Crippen molar-refractivity contribution in [3.63, 3.8) is 0 Å². The first kappa shape index (κ1) is 38.2. The molecule has 52 heavy (non-hydrogen) atoms. The van der Waals surface area contributed by atoms with Gasteiger partial charge in [0.1, 0.15) is 18.1 Å². The van der Waals surface area contributed by atoms with Crippen LogP contribution in [0.25, 0.3) is 17.2 Å². The van der Waals surface area contributed by atoms with E-state index in [0.717, 1.165) is 60.5 Å². The number of hydrogen-bond donors (Lipinski definition) is 2. The first-order valence-electron chi connectivity index (χ1n) is 17.5. The fourth-order valence-corrected chi connectivity index (χ4v) is 5.91. The summed E-state index contributed by atoms with van der Waals surface area (Å²) in [7, 11) is 0. The van der Waals surface area contributed by atoms with E-state index >= 15 is 0 Å². The molecule has 1 atom stereocenters. The number of ether oxygens (including phenoxy) is 3. The van der Waals surface area contributed by atoms with Gasteiger partial charge in [-0.25, -0.2) is 0 Å². The highest BCUT2D eigenvalue weighted by Gasteiger charge is 2.31. The number of unbranched alkanes of at least 4 members (excludes halogenated alkanes) is 1. The summed E-state index contributed by atoms with van der Waals surface area (Å²) < 4.78 is 56.4. The van der Waals surface area contributed by atoms with Crippen LogP contribution in [0.1, 0.15) is 62.5 Å². The molecule has 2 heterocycles. The molecule has 2 N–H and O–H groups in total. The van der Waals surface area contributed by atoms with Gasteiger partial charge in [-0.05, 0) is 78.4 Å². The first-order chi connectivity index (χ1) is 25.1. The molecule has 9 nitrogen and oxygen atoms in total. The molecule has 0 bridgehead atoms. The number of fused-ring (bicyclic) bond motifs is 1. The number of amides is 1. The van der Waals surface area contributed by atoms with Gasteiger partial charge in [-0.2, -0.15) is 17.9 Å². The molecular weight excluding hydrogens is 675 g/mol. The number of rotatable bonds is 16. The highest BCUT2D eigenvalue weighted by atomic mass is 19.4. The number of aliphatic hydroxyl groups excluding tert-OH is 1. The molecule has 4 aromatic rings. The first-order valence-corrected chi connectivity index (χ1v) is 17.5. The van der Waals surface area contributed by atoms with Crippen LogP contribution in [0.2, 0.25) is 0 Å². The molecule has 1 aliphatic rings. The van der Waals surface area contributed by atoms with Crippen LogP contribution in [-0.2, 0) is 9.53 Å². The molecule has 276 valence electrons. The smallest absolute Gasteiger partial charge is 0.422 e. The van der Waals surface area contributed by atoms with Crippen LogP contribution in [0.3, 0.4) is 0 Å². The average molecular weight is 720 g/mol. The monoisotopic (exact) mass is 719 g/mol. The Kier molecular flexibility index (Phi) is 13.2. The molecule has 12 heteroatoms. The summed E-state index contributed by atoms with van der Waals surface area (Å²) in [5.41, 5.74) is 4.30. The standard InChI is InChI=1S/C40H44F3N3O6/c1-3-5-21-50-22-23-51-33-13-9-28(10-14-33)29-11-16-35-31(24-29)25-30(17-20-45(35)18-4-2)39(48)44-32-12-15-34(37(26-32)52-27-40(41,42)43)38(47)36-8-6-7-19-46(36)49/h6-16,19,24-26,38,47H,3-5,17-18,20-23,27H2,1-2H3,(H,44,48). The van der Waals surface area contributed by atoms with Crippen LogP contribution in [0.5, 0.6) is 11.5 Å². The number of hydrogen-bond acceptors (Lipinski definition) is 7. The second-order valence-electron chi connectivity index (χ2n) is 12.5. The van der Waals surface area contributed by atoms with E-state index in [4.69, 9.17) is 14.2 Å². The van der Waals surface area contributed by atoms with Crippen molar-refractivity contribution in [3.8, 4) is 22.6 Å². The largest absolute Gasteiger partial charge is 0.618 e. The summed E-state index contributed by atoms with van der Waals surface area (Å²) in [4.78, 5) is 16.0. The van der Waals surface area contributed by atoms with Crippen LogP contribution in [0.15, 0.2) is 90.6 Å². The van der Waals surface area contributed by atoms with Crippen molar-refractivity contribution in [2.45, 2.75) is 51.8 Å². The topological polar surface area (TPSA) is 107 Å². The number of aromatic nitrogens is 1. The summed E-state index contributed by atoms with van der Waals surface area (Å²) in [5, 5.41) is 26.0. The van der Waals surface area contributed by atoms with Crippen LogP contribution in [0, 0.1) is 5.21 Å². The third kappa shape index (κ3) is 10.3. The minimum Gasteiger partial charge on any atom is -0.618 e. The summed E-state index contributed by atoms with van der Waals surface area (Å²) in [5.74, 6) is 0.00163. The third-order valence-corrected chi connectivity index (χ3v) is 8.55. The lowest BCUT2D eigenvalue weighted by Crippen LogP contribution is -2.33. The second kappa shape index (κ2) is 17.9. The Bertz CT molecular complexity index is 1830. The Morgan fingerprint density at radius 2 is 1.75 bits per heavy atom. The highest BCUT2D eigenvalue weighted by Crippen LogP contribution is 2.35. The fraction of sp³-hybridized carbons (Fsp3) is 0.350. The molecule has 1 unspecified atom stereocenters. The lowest BCUT2D eigenvalue weighted by atomic mass is 10.00. The van der Waals surface area contributed by atoms with E-state index < -0.39 is 24.8 Å². The maximum absolute atomic E-state index is 13.7. The molecule has 0 spiro atoms. The minimum atomic E-state index is -4.66. The summed E-state index contributed by atoms with van der Waals surface area (Å²) in [6, 6.07) is 22.3. The zero-order valence-corrected chi connectivity index (χ0v) is 29.3. The molecule has 0 fully saturated rings. The molecular formula is C40H44F3N3O6. The van der Waals surface area contributed by atoms with Crippen molar-refractivity contribution in [2.24, 2.45) is 0 Å². The predicted octanol–water partition coefficient (Wildman–Crippen LogP) is 7.85. The Hall–Kier alpha value is -5.07. The molecule has 1 aromatic heterocycles. The summed E-state index contributed by atoms with van der Waals surface area (Å²) in [6.07, 6.45) is 0.225. The van der Waals surface area contributed by atoms with Crippen LogP contribution in [0.4, 0.5) is 24.5 Å². The number of aliphatic hydroxyl groups is 1. The van der Waals surface area contributed by atoms with Gasteiger partial charge in [-0.3, -0.25) is 4.79 Å². The average Bonchev–Trinajstić information content (AvgIpc) is 3.31. The SMILES string of the molecule is CCCCOCCOc1ccc(-c2ccc3c(c2)C=C(C(=O)Nc2ccc(C(O)c4cccc[n+]4[O-])c(OCC(F)(F)F)c2)CCN3CCC)cc1. The van der Waals surface area contributed by atoms with E-state index in [9.17, 15) is 28.3 Å². The lowest BCUT2D eigenvalue weighted by Gasteiger charge is -2.25. The van der Waals surface area contributed by atoms with E-state index in [1.165, 1.54) is 42.6 Å². The van der Waals surface area contributed by atoms with E-state index in [2.05, 4.69) is 36.2 Å². The maximum atomic E-state index is 13.7. The lowest BCUT2D eigenvalue weighted by molar-refractivity contribution is -0.617.